The average Bonchev–Trinajstić information content (AvgIpc) is 3.03. The highest BCUT2D eigenvalue weighted by Gasteiger charge is 2.23. The predicted molar refractivity (Wildman–Crippen MR) is 141 cm³/mol. The number of aldehydes is 1. The number of piperidine rings is 1. The van der Waals surface area contributed by atoms with E-state index in [4.69, 9.17) is 23.2 Å². The molecule has 1 fully saturated rings. The lowest BCUT2D eigenvalue weighted by atomic mass is 9.87. The second-order valence-electron chi connectivity index (χ2n) is 9.18. The molecule has 1 aliphatic carbocycles. The van der Waals surface area contributed by atoms with Gasteiger partial charge in [-0.25, -0.2) is 0 Å². The maximum Gasteiger partial charge on any atom is 0.123 e. The van der Waals surface area contributed by atoms with E-state index in [1.165, 1.54) is 11.3 Å². The number of benzene rings is 3. The number of aromatic hydroxyl groups is 1. The number of nitrogens with zero attached hydrogens (tertiary/aromatic N) is 1. The molecule has 5 heteroatoms. The van der Waals surface area contributed by atoms with Crippen LogP contribution in [0.2, 0.25) is 10.0 Å². The molecule has 0 amide bonds. The summed E-state index contributed by atoms with van der Waals surface area (Å²) in [6.07, 6.45) is 5.66. The zero-order valence-electron chi connectivity index (χ0n) is 18.9. The van der Waals surface area contributed by atoms with Gasteiger partial charge >= 0.3 is 0 Å². The van der Waals surface area contributed by atoms with Crippen LogP contribution < -0.4 is 4.90 Å². The fourth-order valence-corrected chi connectivity index (χ4v) is 5.76. The van der Waals surface area contributed by atoms with Crippen LogP contribution in [0.4, 0.5) is 5.69 Å². The molecule has 0 radical (unpaired) electrons. The number of allylic oxidation sites excluding steroid dienone is 1. The van der Waals surface area contributed by atoms with Crippen LogP contribution in [0, 0.1) is 5.92 Å². The lowest BCUT2D eigenvalue weighted by Crippen LogP contribution is -2.34. The highest BCUT2D eigenvalue weighted by atomic mass is 35.5. The fourth-order valence-electron chi connectivity index (χ4n) is 5.24. The largest absolute Gasteiger partial charge is 0.508 e. The molecule has 0 bridgehead atoms. The number of aryl methyl sites for hydroxylation is 1. The van der Waals surface area contributed by atoms with Crippen LogP contribution in [0.5, 0.6) is 5.75 Å². The number of fused-ring (bicyclic) bond motifs is 1. The SMILES string of the molecule is O=CC1CCN(c2ccc(C3=C(c4ccc(Cl)cc4Cl)CCCc4cc(O)ccc43)cc2)CC1. The first-order chi connectivity index (χ1) is 16.5. The third kappa shape index (κ3) is 4.60. The minimum Gasteiger partial charge on any atom is -0.508 e. The number of anilines is 1. The van der Waals surface area contributed by atoms with Crippen LogP contribution in [0.25, 0.3) is 11.1 Å². The molecule has 3 aromatic carbocycles. The average molecular weight is 492 g/mol. The van der Waals surface area contributed by atoms with Crippen LogP contribution in [-0.2, 0) is 11.2 Å². The summed E-state index contributed by atoms with van der Waals surface area (Å²) in [6, 6.07) is 20.1. The number of phenols is 1. The minimum atomic E-state index is 0.186. The Morgan fingerprint density at radius 2 is 1.62 bits per heavy atom. The molecule has 1 heterocycles. The fraction of sp³-hybridized carbons (Fsp3) is 0.276. The third-order valence-electron chi connectivity index (χ3n) is 7.04. The Kier molecular flexibility index (Phi) is 6.67. The number of rotatable bonds is 4. The molecule has 3 nitrogen and oxygen atoms in total. The number of halogens is 2. The molecular weight excluding hydrogens is 465 g/mol. The van der Waals surface area contributed by atoms with E-state index in [-0.39, 0.29) is 5.92 Å². The van der Waals surface area contributed by atoms with Crippen LogP contribution in [0.3, 0.4) is 0 Å². The van der Waals surface area contributed by atoms with Gasteiger partial charge in [0.25, 0.3) is 0 Å². The van der Waals surface area contributed by atoms with Crippen molar-refractivity contribution in [3.63, 3.8) is 0 Å². The Labute approximate surface area is 210 Å². The molecule has 1 saturated heterocycles. The van der Waals surface area contributed by atoms with E-state index in [1.807, 2.05) is 24.3 Å². The molecule has 34 heavy (non-hydrogen) atoms. The van der Waals surface area contributed by atoms with E-state index < -0.39 is 0 Å². The summed E-state index contributed by atoms with van der Waals surface area (Å²) in [6.45, 7) is 1.80. The van der Waals surface area contributed by atoms with E-state index in [1.54, 1.807) is 12.1 Å². The summed E-state index contributed by atoms with van der Waals surface area (Å²) < 4.78 is 0. The number of carbonyl (C=O) groups excluding carboxylic acids is 1. The van der Waals surface area contributed by atoms with Gasteiger partial charge in [-0.15, -0.1) is 0 Å². The molecule has 1 N–H and O–H groups in total. The normalized spacial score (nSPS) is 16.8. The Morgan fingerprint density at radius 3 is 2.32 bits per heavy atom. The lowest BCUT2D eigenvalue weighted by molar-refractivity contribution is -0.111. The van der Waals surface area contributed by atoms with E-state index >= 15 is 0 Å². The second kappa shape index (κ2) is 9.85. The van der Waals surface area contributed by atoms with Crippen molar-refractivity contribution in [1.29, 1.82) is 0 Å². The van der Waals surface area contributed by atoms with Crippen LogP contribution in [0.15, 0.2) is 60.7 Å². The van der Waals surface area contributed by atoms with Crippen LogP contribution in [-0.4, -0.2) is 24.5 Å². The highest BCUT2D eigenvalue weighted by molar-refractivity contribution is 6.36. The van der Waals surface area contributed by atoms with E-state index in [0.29, 0.717) is 15.8 Å². The van der Waals surface area contributed by atoms with Gasteiger partial charge in [0.2, 0.25) is 0 Å². The zero-order chi connectivity index (χ0) is 23.7. The topological polar surface area (TPSA) is 40.5 Å². The van der Waals surface area contributed by atoms with Gasteiger partial charge in [0.15, 0.2) is 0 Å². The maximum atomic E-state index is 11.1. The van der Waals surface area contributed by atoms with Crippen LogP contribution >= 0.6 is 23.2 Å². The number of hydrogen-bond donors (Lipinski definition) is 1. The van der Waals surface area contributed by atoms with E-state index in [0.717, 1.165) is 79.3 Å². The Balaban J connectivity index is 1.60. The first-order valence-electron chi connectivity index (χ1n) is 11.8. The van der Waals surface area contributed by atoms with Gasteiger partial charge in [-0.3, -0.25) is 0 Å². The van der Waals surface area contributed by atoms with Crippen molar-refractivity contribution in [2.75, 3.05) is 18.0 Å². The van der Waals surface area contributed by atoms with Crippen molar-refractivity contribution in [3.8, 4) is 5.75 Å². The molecule has 2 aliphatic rings. The smallest absolute Gasteiger partial charge is 0.123 e. The number of hydrogen-bond acceptors (Lipinski definition) is 3. The third-order valence-corrected chi connectivity index (χ3v) is 7.59. The molecule has 5 rings (SSSR count). The van der Waals surface area contributed by atoms with Crippen molar-refractivity contribution in [1.82, 2.24) is 0 Å². The molecular formula is C29H27Cl2NO2. The summed E-state index contributed by atoms with van der Waals surface area (Å²) in [5, 5.41) is 11.4. The minimum absolute atomic E-state index is 0.186. The van der Waals surface area contributed by atoms with Crippen molar-refractivity contribution in [2.24, 2.45) is 5.92 Å². The monoisotopic (exact) mass is 491 g/mol. The number of carbonyl (C=O) groups is 1. The molecule has 0 aromatic heterocycles. The van der Waals surface area contributed by atoms with Gasteiger partial charge in [0.05, 0.1) is 0 Å². The first kappa shape index (κ1) is 23.0. The van der Waals surface area contributed by atoms with E-state index in [2.05, 4.69) is 29.2 Å². The standard InChI is InChI=1S/C29H27Cl2NO2/c30-22-6-10-26(28(31)17-22)27-3-1-2-21-16-24(34)9-11-25(21)29(27)20-4-7-23(8-5-20)32-14-12-19(18-33)13-15-32/h4-11,16-19,34H,1-3,12-15H2. The molecule has 3 aromatic rings. The Hall–Kier alpha value is -2.75. The Bertz CT molecular complexity index is 1240. The van der Waals surface area contributed by atoms with Gasteiger partial charge in [0.1, 0.15) is 12.0 Å². The molecule has 174 valence electrons. The number of phenolic OH excluding ortho intramolecular Hbond substituents is 1. The molecule has 0 saturated carbocycles. The molecule has 0 unspecified atom stereocenters. The highest BCUT2D eigenvalue weighted by Crippen LogP contribution is 2.43. The van der Waals surface area contributed by atoms with Crippen molar-refractivity contribution in [3.05, 3.63) is 93.0 Å². The van der Waals surface area contributed by atoms with Crippen molar-refractivity contribution in [2.45, 2.75) is 32.1 Å². The first-order valence-corrected chi connectivity index (χ1v) is 12.6. The Morgan fingerprint density at radius 1 is 0.882 bits per heavy atom. The molecule has 0 atom stereocenters. The maximum absolute atomic E-state index is 11.1. The summed E-state index contributed by atoms with van der Waals surface area (Å²) in [7, 11) is 0. The zero-order valence-corrected chi connectivity index (χ0v) is 20.4. The van der Waals surface area contributed by atoms with Crippen molar-refractivity contribution < 1.29 is 9.90 Å². The van der Waals surface area contributed by atoms with Gasteiger partial charge in [0, 0.05) is 34.7 Å². The van der Waals surface area contributed by atoms with Crippen LogP contribution in [0.1, 0.15) is 47.9 Å². The second-order valence-corrected chi connectivity index (χ2v) is 10.0. The van der Waals surface area contributed by atoms with Crippen molar-refractivity contribution >= 4 is 46.3 Å². The van der Waals surface area contributed by atoms with Gasteiger partial charge < -0.3 is 14.8 Å². The van der Waals surface area contributed by atoms with Gasteiger partial charge in [-0.2, -0.15) is 0 Å². The summed E-state index contributed by atoms with van der Waals surface area (Å²) in [5.74, 6) is 0.478. The van der Waals surface area contributed by atoms with Gasteiger partial charge in [-0.1, -0.05) is 47.5 Å². The molecule has 1 aliphatic heterocycles. The summed E-state index contributed by atoms with van der Waals surface area (Å²) in [5.41, 5.74) is 7.95. The summed E-state index contributed by atoms with van der Waals surface area (Å²) >= 11 is 12.9. The molecule has 0 spiro atoms. The lowest BCUT2D eigenvalue weighted by Gasteiger charge is -2.31. The summed E-state index contributed by atoms with van der Waals surface area (Å²) in [4.78, 5) is 13.5. The van der Waals surface area contributed by atoms with E-state index in [9.17, 15) is 9.90 Å². The quantitative estimate of drug-likeness (QED) is 0.386. The van der Waals surface area contributed by atoms with Gasteiger partial charge in [-0.05, 0) is 102 Å². The predicted octanol–water partition coefficient (Wildman–Crippen LogP) is 7.41.